The quantitative estimate of drug-likeness (QED) is 0.807. The maximum absolute atomic E-state index is 12.7. The van der Waals surface area contributed by atoms with Crippen molar-refractivity contribution in [3.8, 4) is 0 Å². The number of likely N-dealkylation sites (tertiary alicyclic amines) is 2. The van der Waals surface area contributed by atoms with Crippen molar-refractivity contribution in [2.24, 2.45) is 0 Å². The van der Waals surface area contributed by atoms with Crippen LogP contribution in [0.15, 0.2) is 12.7 Å². The van der Waals surface area contributed by atoms with Crippen molar-refractivity contribution in [1.29, 1.82) is 0 Å². The molecule has 20 heavy (non-hydrogen) atoms. The van der Waals surface area contributed by atoms with E-state index < -0.39 is 0 Å². The molecule has 3 rings (SSSR count). The second kappa shape index (κ2) is 5.91. The normalized spacial score (nSPS) is 28.6. The highest BCUT2D eigenvalue weighted by atomic mass is 16.2. The molecule has 2 fully saturated rings. The monoisotopic (exact) mass is 277 g/mol. The third-order valence-corrected chi connectivity index (χ3v) is 4.57. The van der Waals surface area contributed by atoms with Crippen molar-refractivity contribution in [3.05, 3.63) is 12.7 Å². The maximum atomic E-state index is 12.7. The van der Waals surface area contributed by atoms with Crippen LogP contribution in [0.2, 0.25) is 0 Å². The van der Waals surface area contributed by atoms with Crippen LogP contribution in [0.5, 0.6) is 0 Å². The van der Waals surface area contributed by atoms with Crippen molar-refractivity contribution in [2.45, 2.75) is 44.2 Å². The summed E-state index contributed by atoms with van der Waals surface area (Å²) in [4.78, 5) is 21.0. The lowest BCUT2D eigenvalue weighted by atomic mass is 9.99. The highest BCUT2D eigenvalue weighted by Crippen LogP contribution is 2.23. The molecule has 2 atom stereocenters. The van der Waals surface area contributed by atoms with E-state index in [1.54, 1.807) is 12.7 Å². The number of carbonyl (C=O) groups excluding carboxylic acids is 1. The van der Waals surface area contributed by atoms with Gasteiger partial charge in [-0.3, -0.25) is 9.69 Å². The van der Waals surface area contributed by atoms with E-state index >= 15 is 0 Å². The van der Waals surface area contributed by atoms with Crippen LogP contribution in [0.25, 0.3) is 0 Å². The van der Waals surface area contributed by atoms with Gasteiger partial charge in [-0.15, -0.1) is 0 Å². The van der Waals surface area contributed by atoms with Gasteiger partial charge in [0.1, 0.15) is 12.7 Å². The number of aromatic nitrogens is 3. The van der Waals surface area contributed by atoms with E-state index in [0.717, 1.165) is 38.9 Å². The zero-order chi connectivity index (χ0) is 13.9. The summed E-state index contributed by atoms with van der Waals surface area (Å²) < 4.78 is 1.89. The first-order valence-electron chi connectivity index (χ1n) is 7.59. The fourth-order valence-corrected chi connectivity index (χ4v) is 3.37. The fraction of sp³-hybridized carbons (Fsp3) is 0.786. The molecule has 6 nitrogen and oxygen atoms in total. The Kier molecular flexibility index (Phi) is 4.00. The molecule has 1 amide bonds. The number of carbonyl (C=O) groups is 1. The molecule has 0 aromatic carbocycles. The van der Waals surface area contributed by atoms with Gasteiger partial charge in [-0.1, -0.05) is 6.42 Å². The van der Waals surface area contributed by atoms with Crippen LogP contribution < -0.4 is 0 Å². The summed E-state index contributed by atoms with van der Waals surface area (Å²) in [7, 11) is 2.07. The Labute approximate surface area is 119 Å². The van der Waals surface area contributed by atoms with Crippen LogP contribution in [0.1, 0.15) is 38.1 Å². The standard InChI is InChI=1S/C14H23N5O/c1-17-7-3-2-6-13(17)14(20)18-8-4-5-12(9-18)19-11-15-10-16-19/h10-13H,2-9H2,1H3/t12-,13+/m1/s1. The highest BCUT2D eigenvalue weighted by molar-refractivity contribution is 5.82. The molecule has 3 heterocycles. The summed E-state index contributed by atoms with van der Waals surface area (Å²) in [5.41, 5.74) is 0. The van der Waals surface area contributed by atoms with Gasteiger partial charge < -0.3 is 4.90 Å². The largest absolute Gasteiger partial charge is 0.339 e. The number of nitrogens with zero attached hydrogens (tertiary/aromatic N) is 5. The van der Waals surface area contributed by atoms with Gasteiger partial charge in [-0.25, -0.2) is 9.67 Å². The van der Waals surface area contributed by atoms with Gasteiger partial charge in [-0.05, 0) is 39.3 Å². The Hall–Kier alpha value is -1.43. The second-order valence-corrected chi connectivity index (χ2v) is 5.95. The van der Waals surface area contributed by atoms with Gasteiger partial charge in [0.05, 0.1) is 12.1 Å². The average molecular weight is 277 g/mol. The fourth-order valence-electron chi connectivity index (χ4n) is 3.37. The van der Waals surface area contributed by atoms with E-state index in [1.165, 1.54) is 12.8 Å². The molecular formula is C14H23N5O. The number of piperidine rings is 2. The number of rotatable bonds is 2. The van der Waals surface area contributed by atoms with E-state index in [1.807, 2.05) is 9.58 Å². The molecule has 2 aliphatic heterocycles. The highest BCUT2D eigenvalue weighted by Gasteiger charge is 2.32. The Morgan fingerprint density at radius 2 is 2.10 bits per heavy atom. The summed E-state index contributed by atoms with van der Waals surface area (Å²) in [6.07, 6.45) is 8.82. The molecule has 0 radical (unpaired) electrons. The van der Waals surface area contributed by atoms with Crippen LogP contribution in [0.3, 0.4) is 0 Å². The zero-order valence-electron chi connectivity index (χ0n) is 12.1. The molecular weight excluding hydrogens is 254 g/mol. The molecule has 6 heteroatoms. The van der Waals surface area contributed by atoms with Crippen molar-refractivity contribution >= 4 is 5.91 Å². The van der Waals surface area contributed by atoms with Gasteiger partial charge in [0.25, 0.3) is 0 Å². The van der Waals surface area contributed by atoms with Crippen LogP contribution in [-0.2, 0) is 4.79 Å². The minimum atomic E-state index is 0.0817. The van der Waals surface area contributed by atoms with E-state index in [2.05, 4.69) is 22.0 Å². The first-order valence-corrected chi connectivity index (χ1v) is 7.59. The Morgan fingerprint density at radius 1 is 1.20 bits per heavy atom. The summed E-state index contributed by atoms with van der Waals surface area (Å²) in [5.74, 6) is 0.303. The van der Waals surface area contributed by atoms with E-state index in [-0.39, 0.29) is 12.1 Å². The van der Waals surface area contributed by atoms with Gasteiger partial charge in [0.2, 0.25) is 5.91 Å². The number of amides is 1. The van der Waals surface area contributed by atoms with Gasteiger partial charge in [0, 0.05) is 13.1 Å². The average Bonchev–Trinajstić information content (AvgIpc) is 3.01. The first kappa shape index (κ1) is 13.5. The lowest BCUT2D eigenvalue weighted by molar-refractivity contribution is -0.139. The summed E-state index contributed by atoms with van der Waals surface area (Å²) in [6.45, 7) is 2.69. The molecule has 2 saturated heterocycles. The van der Waals surface area contributed by atoms with Crippen LogP contribution >= 0.6 is 0 Å². The molecule has 1 aromatic rings. The molecule has 0 saturated carbocycles. The molecule has 0 N–H and O–H groups in total. The minimum Gasteiger partial charge on any atom is -0.339 e. The van der Waals surface area contributed by atoms with Crippen molar-refractivity contribution in [2.75, 3.05) is 26.7 Å². The number of hydrogen-bond donors (Lipinski definition) is 0. The predicted molar refractivity (Wildman–Crippen MR) is 75.1 cm³/mol. The van der Waals surface area contributed by atoms with Crippen LogP contribution in [0.4, 0.5) is 0 Å². The summed E-state index contributed by atoms with van der Waals surface area (Å²) in [6, 6.07) is 0.363. The third-order valence-electron chi connectivity index (χ3n) is 4.57. The lowest BCUT2D eigenvalue weighted by Crippen LogP contribution is -2.52. The lowest BCUT2D eigenvalue weighted by Gasteiger charge is -2.38. The third kappa shape index (κ3) is 2.70. The molecule has 2 aliphatic rings. The number of likely N-dealkylation sites (N-methyl/N-ethyl adjacent to an activating group) is 1. The molecule has 110 valence electrons. The van der Waals surface area contributed by atoms with Crippen molar-refractivity contribution in [3.63, 3.8) is 0 Å². The molecule has 1 aromatic heterocycles. The van der Waals surface area contributed by atoms with Crippen molar-refractivity contribution < 1.29 is 4.79 Å². The van der Waals surface area contributed by atoms with Crippen LogP contribution in [-0.4, -0.2) is 63.2 Å². The first-order chi connectivity index (χ1) is 9.75. The van der Waals surface area contributed by atoms with E-state index in [4.69, 9.17) is 0 Å². The molecule has 0 bridgehead atoms. The Bertz CT molecular complexity index is 446. The SMILES string of the molecule is CN1CCCC[C@H]1C(=O)N1CCC[C@@H](n2cncn2)C1. The Balaban J connectivity index is 1.65. The maximum Gasteiger partial charge on any atom is 0.239 e. The van der Waals surface area contributed by atoms with E-state index in [9.17, 15) is 4.79 Å². The zero-order valence-corrected chi connectivity index (χ0v) is 12.1. The van der Waals surface area contributed by atoms with Crippen LogP contribution in [0, 0.1) is 0 Å². The van der Waals surface area contributed by atoms with Gasteiger partial charge >= 0.3 is 0 Å². The summed E-state index contributed by atoms with van der Waals surface area (Å²) >= 11 is 0. The summed E-state index contributed by atoms with van der Waals surface area (Å²) in [5, 5.41) is 4.22. The predicted octanol–water partition coefficient (Wildman–Crippen LogP) is 0.926. The topological polar surface area (TPSA) is 54.3 Å². The van der Waals surface area contributed by atoms with E-state index in [0.29, 0.717) is 5.91 Å². The van der Waals surface area contributed by atoms with Crippen molar-refractivity contribution in [1.82, 2.24) is 24.6 Å². The minimum absolute atomic E-state index is 0.0817. The van der Waals surface area contributed by atoms with Gasteiger partial charge in [-0.2, -0.15) is 5.10 Å². The molecule has 0 aliphatic carbocycles. The molecule has 0 spiro atoms. The smallest absolute Gasteiger partial charge is 0.239 e. The Morgan fingerprint density at radius 3 is 2.85 bits per heavy atom. The second-order valence-electron chi connectivity index (χ2n) is 5.95. The van der Waals surface area contributed by atoms with Gasteiger partial charge in [0.15, 0.2) is 0 Å². The number of hydrogen-bond acceptors (Lipinski definition) is 4. The molecule has 0 unspecified atom stereocenters.